The van der Waals surface area contributed by atoms with Crippen LogP contribution in [0.2, 0.25) is 0 Å². The molecule has 1 fully saturated rings. The van der Waals surface area contributed by atoms with Crippen LogP contribution < -0.4 is 0 Å². The number of halogens is 1. The van der Waals surface area contributed by atoms with Crippen LogP contribution in [0.4, 0.5) is 4.39 Å². The Morgan fingerprint density at radius 3 is 1.93 bits per heavy atom. The van der Waals surface area contributed by atoms with E-state index in [0.29, 0.717) is 0 Å². The highest BCUT2D eigenvalue weighted by Gasteiger charge is 2.69. The minimum atomic E-state index is -2.71. The van der Waals surface area contributed by atoms with Gasteiger partial charge in [-0.25, -0.2) is 18.8 Å². The first kappa shape index (κ1) is 18.6. The SMILES string of the molecule is C[C@]1(F)C(=O)O[C@@H](OC(=O)c2ccccc2)[C@@]1(C)OC(=O)c1ccccc1. The first-order chi connectivity index (χ1) is 12.8. The monoisotopic (exact) mass is 372 g/mol. The van der Waals surface area contributed by atoms with Gasteiger partial charge in [0, 0.05) is 0 Å². The van der Waals surface area contributed by atoms with E-state index in [0.717, 1.165) is 13.8 Å². The zero-order valence-corrected chi connectivity index (χ0v) is 14.7. The van der Waals surface area contributed by atoms with Crippen LogP contribution in [0.5, 0.6) is 0 Å². The van der Waals surface area contributed by atoms with E-state index in [1.165, 1.54) is 24.3 Å². The molecule has 1 aliphatic rings. The summed E-state index contributed by atoms with van der Waals surface area (Å²) in [5.74, 6) is -2.99. The van der Waals surface area contributed by atoms with Crippen LogP contribution in [0.1, 0.15) is 34.6 Å². The normalized spacial score (nSPS) is 26.9. The molecule has 0 aliphatic carbocycles. The van der Waals surface area contributed by atoms with E-state index in [-0.39, 0.29) is 11.1 Å². The largest absolute Gasteiger partial charge is 0.444 e. The number of esters is 3. The van der Waals surface area contributed by atoms with Gasteiger partial charge in [-0.15, -0.1) is 0 Å². The van der Waals surface area contributed by atoms with Gasteiger partial charge in [-0.1, -0.05) is 36.4 Å². The summed E-state index contributed by atoms with van der Waals surface area (Å²) < 4.78 is 30.4. The lowest BCUT2D eigenvalue weighted by atomic mass is 9.89. The second kappa shape index (κ2) is 6.83. The second-order valence-corrected chi connectivity index (χ2v) is 6.37. The highest BCUT2D eigenvalue weighted by molar-refractivity contribution is 5.92. The molecule has 0 N–H and O–H groups in total. The number of cyclic esters (lactones) is 1. The molecule has 0 spiro atoms. The van der Waals surface area contributed by atoms with Crippen molar-refractivity contribution < 1.29 is 33.0 Å². The van der Waals surface area contributed by atoms with E-state index in [9.17, 15) is 14.4 Å². The van der Waals surface area contributed by atoms with Crippen LogP contribution in [0, 0.1) is 0 Å². The first-order valence-corrected chi connectivity index (χ1v) is 8.20. The van der Waals surface area contributed by atoms with E-state index < -0.39 is 35.5 Å². The van der Waals surface area contributed by atoms with Crippen LogP contribution in [0.25, 0.3) is 0 Å². The summed E-state index contributed by atoms with van der Waals surface area (Å²) in [5.41, 5.74) is -4.54. The molecule has 0 unspecified atom stereocenters. The highest BCUT2D eigenvalue weighted by atomic mass is 19.1. The van der Waals surface area contributed by atoms with Crippen molar-refractivity contribution in [3.8, 4) is 0 Å². The molecule has 1 saturated heterocycles. The number of alkyl halides is 1. The molecule has 7 heteroatoms. The zero-order valence-electron chi connectivity index (χ0n) is 14.7. The zero-order chi connectivity index (χ0) is 19.7. The van der Waals surface area contributed by atoms with Gasteiger partial charge in [-0.05, 0) is 38.1 Å². The third kappa shape index (κ3) is 3.28. The van der Waals surface area contributed by atoms with Crippen LogP contribution in [-0.2, 0) is 19.0 Å². The van der Waals surface area contributed by atoms with E-state index >= 15 is 4.39 Å². The van der Waals surface area contributed by atoms with Crippen LogP contribution >= 0.6 is 0 Å². The standard InChI is InChI=1S/C20H17FO6/c1-19(21)17(24)26-18(25-15(22)13-9-5-3-6-10-13)20(19,2)27-16(23)14-11-7-4-8-12-14/h3-12,18H,1-2H3/t18-,19+,20-/m1/s1. The summed E-state index contributed by atoms with van der Waals surface area (Å²) in [6, 6.07) is 15.8. The molecule has 6 nitrogen and oxygen atoms in total. The number of benzene rings is 2. The Morgan fingerprint density at radius 2 is 1.41 bits per heavy atom. The molecule has 1 heterocycles. The predicted octanol–water partition coefficient (Wildman–Crippen LogP) is 3.07. The molecule has 0 aromatic heterocycles. The van der Waals surface area contributed by atoms with Crippen molar-refractivity contribution in [1.29, 1.82) is 0 Å². The molecule has 140 valence electrons. The van der Waals surface area contributed by atoms with Crippen molar-refractivity contribution in [3.63, 3.8) is 0 Å². The molecule has 0 radical (unpaired) electrons. The first-order valence-electron chi connectivity index (χ1n) is 8.20. The van der Waals surface area contributed by atoms with Crippen LogP contribution in [-0.4, -0.2) is 35.5 Å². The van der Waals surface area contributed by atoms with Gasteiger partial charge in [0.2, 0.25) is 5.60 Å². The lowest BCUT2D eigenvalue weighted by Gasteiger charge is -2.33. The number of carbonyl (C=O) groups is 3. The van der Waals surface area contributed by atoms with E-state index in [4.69, 9.17) is 14.2 Å². The van der Waals surface area contributed by atoms with Gasteiger partial charge in [0.15, 0.2) is 0 Å². The fraction of sp³-hybridized carbons (Fsp3) is 0.250. The molecular formula is C20H17FO6. The van der Waals surface area contributed by atoms with Gasteiger partial charge in [0.1, 0.15) is 0 Å². The third-order valence-electron chi connectivity index (χ3n) is 4.52. The topological polar surface area (TPSA) is 78.9 Å². The van der Waals surface area contributed by atoms with Gasteiger partial charge in [0.05, 0.1) is 11.1 Å². The van der Waals surface area contributed by atoms with Crippen molar-refractivity contribution in [2.24, 2.45) is 0 Å². The smallest absolute Gasteiger partial charge is 0.351 e. The van der Waals surface area contributed by atoms with Gasteiger partial charge >= 0.3 is 17.9 Å². The summed E-state index contributed by atoms with van der Waals surface area (Å²) in [7, 11) is 0. The Labute approximate surface area is 154 Å². The summed E-state index contributed by atoms with van der Waals surface area (Å²) in [4.78, 5) is 36.7. The maximum absolute atomic E-state index is 15.1. The number of hydrogen-bond acceptors (Lipinski definition) is 6. The highest BCUT2D eigenvalue weighted by Crippen LogP contribution is 2.43. The van der Waals surface area contributed by atoms with Crippen molar-refractivity contribution >= 4 is 17.9 Å². The van der Waals surface area contributed by atoms with E-state index in [2.05, 4.69) is 0 Å². The minimum absolute atomic E-state index is 0.155. The van der Waals surface area contributed by atoms with Gasteiger partial charge < -0.3 is 14.2 Å². The third-order valence-corrected chi connectivity index (χ3v) is 4.52. The minimum Gasteiger partial charge on any atom is -0.444 e. The molecular weight excluding hydrogens is 355 g/mol. The van der Waals surface area contributed by atoms with Crippen LogP contribution in [0.15, 0.2) is 60.7 Å². The molecule has 2 aromatic carbocycles. The van der Waals surface area contributed by atoms with Gasteiger partial charge in [-0.3, -0.25) is 0 Å². The average Bonchev–Trinajstić information content (AvgIpc) is 2.83. The summed E-state index contributed by atoms with van der Waals surface area (Å²) in [6.07, 6.45) is -1.74. The maximum atomic E-state index is 15.1. The Balaban J connectivity index is 1.87. The van der Waals surface area contributed by atoms with Crippen LogP contribution in [0.3, 0.4) is 0 Å². The number of carbonyl (C=O) groups excluding carboxylic acids is 3. The Bertz CT molecular complexity index is 865. The predicted molar refractivity (Wildman–Crippen MR) is 91.5 cm³/mol. The fourth-order valence-corrected chi connectivity index (χ4v) is 2.59. The Hall–Kier alpha value is -3.22. The van der Waals surface area contributed by atoms with E-state index in [1.54, 1.807) is 36.4 Å². The Morgan fingerprint density at radius 1 is 0.926 bits per heavy atom. The number of ether oxygens (including phenoxy) is 3. The van der Waals surface area contributed by atoms with Gasteiger partial charge in [0.25, 0.3) is 12.0 Å². The number of rotatable bonds is 4. The number of hydrogen-bond donors (Lipinski definition) is 0. The van der Waals surface area contributed by atoms with Crippen molar-refractivity contribution in [2.45, 2.75) is 31.4 Å². The van der Waals surface area contributed by atoms with Crippen molar-refractivity contribution in [3.05, 3.63) is 71.8 Å². The summed E-state index contributed by atoms with van der Waals surface area (Å²) in [6.45, 7) is 2.08. The van der Waals surface area contributed by atoms with Gasteiger partial charge in [-0.2, -0.15) is 0 Å². The molecule has 3 atom stereocenters. The lowest BCUT2D eigenvalue weighted by molar-refractivity contribution is -0.177. The molecule has 0 bridgehead atoms. The van der Waals surface area contributed by atoms with E-state index in [1.807, 2.05) is 0 Å². The second-order valence-electron chi connectivity index (χ2n) is 6.37. The molecule has 27 heavy (non-hydrogen) atoms. The van der Waals surface area contributed by atoms with Crippen molar-refractivity contribution in [1.82, 2.24) is 0 Å². The molecule has 2 aromatic rings. The van der Waals surface area contributed by atoms with Crippen molar-refractivity contribution in [2.75, 3.05) is 0 Å². The Kier molecular flexibility index (Phi) is 4.70. The molecule has 0 saturated carbocycles. The fourth-order valence-electron chi connectivity index (χ4n) is 2.59. The lowest BCUT2D eigenvalue weighted by Crippen LogP contribution is -2.55. The molecule has 3 rings (SSSR count). The maximum Gasteiger partial charge on any atom is 0.351 e. The summed E-state index contributed by atoms with van der Waals surface area (Å²) >= 11 is 0. The molecule has 1 aliphatic heterocycles. The quantitative estimate of drug-likeness (QED) is 0.768. The average molecular weight is 372 g/mol. The molecule has 0 amide bonds. The summed E-state index contributed by atoms with van der Waals surface area (Å²) in [5, 5.41) is 0.